The molecule has 3 rings (SSSR count). The van der Waals surface area contributed by atoms with Gasteiger partial charge in [-0.2, -0.15) is 0 Å². The number of methoxy groups -OCH3 is 1. The minimum atomic E-state index is -0.452. The molecule has 1 N–H and O–H groups in total. The second-order valence-electron chi connectivity index (χ2n) is 5.30. The molecular formula is C17H20O4. The molecule has 2 aromatic carbocycles. The third-order valence-electron chi connectivity index (χ3n) is 3.83. The van der Waals surface area contributed by atoms with Gasteiger partial charge in [0, 0.05) is 13.5 Å². The first-order chi connectivity index (χ1) is 10.3. The van der Waals surface area contributed by atoms with E-state index in [9.17, 15) is 5.11 Å². The van der Waals surface area contributed by atoms with Gasteiger partial charge in [-0.25, -0.2) is 0 Å². The number of aliphatic hydroxyl groups is 1. The van der Waals surface area contributed by atoms with Crippen LogP contribution >= 0.6 is 0 Å². The molecule has 112 valence electrons. The first-order valence-corrected chi connectivity index (χ1v) is 7.22. The Morgan fingerprint density at radius 1 is 1.10 bits per heavy atom. The van der Waals surface area contributed by atoms with Gasteiger partial charge < -0.3 is 19.3 Å². The summed E-state index contributed by atoms with van der Waals surface area (Å²) in [6.45, 7) is 0.988. The van der Waals surface area contributed by atoms with E-state index in [0.717, 1.165) is 11.1 Å². The van der Waals surface area contributed by atoms with Crippen molar-refractivity contribution in [3.8, 4) is 5.75 Å². The van der Waals surface area contributed by atoms with Crippen molar-refractivity contribution < 1.29 is 19.3 Å². The Morgan fingerprint density at radius 2 is 1.90 bits per heavy atom. The van der Waals surface area contributed by atoms with Crippen LogP contribution in [0, 0.1) is 0 Å². The van der Waals surface area contributed by atoms with Crippen molar-refractivity contribution in [1.82, 2.24) is 0 Å². The summed E-state index contributed by atoms with van der Waals surface area (Å²) in [5, 5.41) is 12.1. The molecule has 4 heteroatoms. The maximum atomic E-state index is 9.78. The van der Waals surface area contributed by atoms with Gasteiger partial charge in [0.05, 0.1) is 19.3 Å². The van der Waals surface area contributed by atoms with E-state index in [1.54, 1.807) is 7.11 Å². The molecule has 0 radical (unpaired) electrons. The van der Waals surface area contributed by atoms with Gasteiger partial charge in [0.25, 0.3) is 0 Å². The largest absolute Gasteiger partial charge is 0.487 e. The summed E-state index contributed by atoms with van der Waals surface area (Å²) in [5.41, 5.74) is 0. The molecular weight excluding hydrogens is 268 g/mol. The van der Waals surface area contributed by atoms with Gasteiger partial charge in [0.2, 0.25) is 0 Å². The lowest BCUT2D eigenvalue weighted by molar-refractivity contribution is -0.167. The van der Waals surface area contributed by atoms with Crippen LogP contribution in [0.2, 0.25) is 0 Å². The Labute approximate surface area is 124 Å². The second kappa shape index (κ2) is 6.43. The zero-order valence-corrected chi connectivity index (χ0v) is 12.1. The molecule has 4 nitrogen and oxygen atoms in total. The van der Waals surface area contributed by atoms with Crippen molar-refractivity contribution >= 4 is 10.8 Å². The van der Waals surface area contributed by atoms with Crippen LogP contribution in [0.25, 0.3) is 10.8 Å². The lowest BCUT2D eigenvalue weighted by Gasteiger charge is -2.40. The molecule has 1 aliphatic rings. The van der Waals surface area contributed by atoms with Crippen LogP contribution in [0.5, 0.6) is 5.75 Å². The number of hydrogen-bond donors (Lipinski definition) is 1. The summed E-state index contributed by atoms with van der Waals surface area (Å²) in [6, 6.07) is 14.2. The molecule has 1 saturated carbocycles. The molecule has 2 aromatic rings. The van der Waals surface area contributed by atoms with Crippen molar-refractivity contribution in [2.24, 2.45) is 0 Å². The van der Waals surface area contributed by atoms with Gasteiger partial charge in [-0.15, -0.1) is 0 Å². The van der Waals surface area contributed by atoms with E-state index in [0.29, 0.717) is 19.6 Å². The van der Waals surface area contributed by atoms with Crippen LogP contribution in [-0.4, -0.2) is 43.7 Å². The predicted molar refractivity (Wildman–Crippen MR) is 80.6 cm³/mol. The van der Waals surface area contributed by atoms with Crippen LogP contribution in [0.3, 0.4) is 0 Å². The first-order valence-electron chi connectivity index (χ1n) is 7.22. The van der Waals surface area contributed by atoms with Gasteiger partial charge in [0.15, 0.2) is 0 Å². The molecule has 1 fully saturated rings. The van der Waals surface area contributed by atoms with Crippen LogP contribution in [0.4, 0.5) is 0 Å². The fourth-order valence-corrected chi connectivity index (χ4v) is 2.57. The second-order valence-corrected chi connectivity index (χ2v) is 5.30. The highest BCUT2D eigenvalue weighted by atomic mass is 16.6. The van der Waals surface area contributed by atoms with Crippen LogP contribution in [0.15, 0.2) is 42.5 Å². The fourth-order valence-electron chi connectivity index (χ4n) is 2.57. The van der Waals surface area contributed by atoms with Gasteiger partial charge in [0.1, 0.15) is 18.0 Å². The van der Waals surface area contributed by atoms with Gasteiger partial charge >= 0.3 is 0 Å². The minimum absolute atomic E-state index is 0.0991. The van der Waals surface area contributed by atoms with Crippen LogP contribution in [-0.2, 0) is 9.47 Å². The predicted octanol–water partition coefficient (Wildman–Crippen LogP) is 2.38. The van der Waals surface area contributed by atoms with E-state index in [1.807, 2.05) is 30.3 Å². The minimum Gasteiger partial charge on any atom is -0.487 e. The first kappa shape index (κ1) is 14.3. The Morgan fingerprint density at radius 3 is 2.67 bits per heavy atom. The maximum Gasteiger partial charge on any atom is 0.130 e. The molecule has 0 bridgehead atoms. The number of ether oxygens (including phenoxy) is 3. The SMILES string of the molecule is COCCOC1C(O)CC1Oc1ccc2ccccc2c1. The average molecular weight is 288 g/mol. The van der Waals surface area contributed by atoms with E-state index in [4.69, 9.17) is 14.2 Å². The normalized spacial score (nSPS) is 24.8. The highest BCUT2D eigenvalue weighted by molar-refractivity contribution is 5.83. The smallest absolute Gasteiger partial charge is 0.130 e. The third-order valence-corrected chi connectivity index (χ3v) is 3.83. The van der Waals surface area contributed by atoms with Crippen molar-refractivity contribution in [3.63, 3.8) is 0 Å². The summed E-state index contributed by atoms with van der Waals surface area (Å²) in [6.07, 6.45) is -0.221. The number of aliphatic hydroxyl groups excluding tert-OH is 1. The van der Waals surface area contributed by atoms with Crippen molar-refractivity contribution in [1.29, 1.82) is 0 Å². The molecule has 3 unspecified atom stereocenters. The molecule has 0 spiro atoms. The lowest BCUT2D eigenvalue weighted by Crippen LogP contribution is -2.55. The summed E-state index contributed by atoms with van der Waals surface area (Å²) >= 11 is 0. The number of rotatable bonds is 6. The highest BCUT2D eigenvalue weighted by Gasteiger charge is 2.42. The fraction of sp³-hybridized carbons (Fsp3) is 0.412. The molecule has 3 atom stereocenters. The molecule has 0 saturated heterocycles. The van der Waals surface area contributed by atoms with Gasteiger partial charge in [-0.3, -0.25) is 0 Å². The number of benzene rings is 2. The van der Waals surface area contributed by atoms with E-state index in [1.165, 1.54) is 5.39 Å². The zero-order chi connectivity index (χ0) is 14.7. The van der Waals surface area contributed by atoms with Gasteiger partial charge in [-0.1, -0.05) is 30.3 Å². The maximum absolute atomic E-state index is 9.78. The van der Waals surface area contributed by atoms with Crippen LogP contribution < -0.4 is 4.74 Å². The summed E-state index contributed by atoms with van der Waals surface area (Å²) in [5.74, 6) is 0.811. The van der Waals surface area contributed by atoms with Crippen LogP contribution in [0.1, 0.15) is 6.42 Å². The monoisotopic (exact) mass is 288 g/mol. The summed E-state index contributed by atoms with van der Waals surface area (Å²) in [4.78, 5) is 0. The zero-order valence-electron chi connectivity index (χ0n) is 12.1. The van der Waals surface area contributed by atoms with E-state index in [-0.39, 0.29) is 12.2 Å². The van der Waals surface area contributed by atoms with E-state index >= 15 is 0 Å². The van der Waals surface area contributed by atoms with E-state index in [2.05, 4.69) is 12.1 Å². The Kier molecular flexibility index (Phi) is 4.39. The van der Waals surface area contributed by atoms with Gasteiger partial charge in [-0.05, 0) is 22.9 Å². The molecule has 0 heterocycles. The Hall–Kier alpha value is -1.62. The van der Waals surface area contributed by atoms with E-state index < -0.39 is 6.10 Å². The molecule has 0 amide bonds. The molecule has 0 aliphatic heterocycles. The average Bonchev–Trinajstić information content (AvgIpc) is 2.51. The van der Waals surface area contributed by atoms with Crippen molar-refractivity contribution in [2.75, 3.05) is 20.3 Å². The Balaban J connectivity index is 1.64. The third kappa shape index (κ3) is 3.18. The molecule has 21 heavy (non-hydrogen) atoms. The highest BCUT2D eigenvalue weighted by Crippen LogP contribution is 2.30. The number of fused-ring (bicyclic) bond motifs is 1. The summed E-state index contributed by atoms with van der Waals surface area (Å²) in [7, 11) is 1.63. The lowest BCUT2D eigenvalue weighted by atomic mass is 9.88. The molecule has 0 aromatic heterocycles. The Bertz CT molecular complexity index is 598. The standard InChI is InChI=1S/C17H20O4/c1-19-8-9-20-17-15(18)11-16(17)21-14-7-6-12-4-2-3-5-13(12)10-14/h2-7,10,15-18H,8-9,11H2,1H3. The number of hydrogen-bond acceptors (Lipinski definition) is 4. The molecule has 1 aliphatic carbocycles. The summed E-state index contributed by atoms with van der Waals surface area (Å²) < 4.78 is 16.5. The van der Waals surface area contributed by atoms with Crippen molar-refractivity contribution in [2.45, 2.75) is 24.7 Å². The quantitative estimate of drug-likeness (QED) is 0.829. The van der Waals surface area contributed by atoms with Crippen molar-refractivity contribution in [3.05, 3.63) is 42.5 Å². The topological polar surface area (TPSA) is 47.9 Å².